The number of rotatable bonds is 2. The summed E-state index contributed by atoms with van der Waals surface area (Å²) >= 11 is 1.00. The van der Waals surface area contributed by atoms with Crippen LogP contribution in [0.15, 0.2) is 10.8 Å². The Morgan fingerprint density at radius 1 is 1.64 bits per heavy atom. The smallest absolute Gasteiger partial charge is 0.343 e. The number of carboxylic acid groups (broad SMARTS) is 1. The maximum Gasteiger partial charge on any atom is 0.343 e. The largest absolute Gasteiger partial charge is 0.477 e. The Hall–Kier alpha value is -1.43. The molecule has 0 aliphatic heterocycles. The highest BCUT2D eigenvalue weighted by molar-refractivity contribution is 7.08. The van der Waals surface area contributed by atoms with Gasteiger partial charge in [-0.3, -0.25) is 10.1 Å². The van der Waals surface area contributed by atoms with Crippen molar-refractivity contribution in [2.45, 2.75) is 0 Å². The summed E-state index contributed by atoms with van der Waals surface area (Å²) in [4.78, 5) is 19.7. The molecule has 1 aromatic heterocycles. The highest BCUT2D eigenvalue weighted by Gasteiger charge is 2.19. The van der Waals surface area contributed by atoms with E-state index < -0.39 is 10.9 Å². The Bertz CT molecular complexity index is 277. The number of nitrogens with zero attached hydrogens (tertiary/aromatic N) is 1. The number of carbonyl (C=O) groups is 1. The van der Waals surface area contributed by atoms with Crippen LogP contribution in [0.25, 0.3) is 0 Å². The van der Waals surface area contributed by atoms with Gasteiger partial charge in [-0.2, -0.15) is 0 Å². The summed E-state index contributed by atoms with van der Waals surface area (Å²) in [5.74, 6) is -1.27. The van der Waals surface area contributed by atoms with Gasteiger partial charge in [0.2, 0.25) is 0 Å². The second kappa shape index (κ2) is 2.67. The molecule has 0 amide bonds. The SMILES string of the molecule is O=C(O)c1cscc1[N+](=O)[O-]. The summed E-state index contributed by atoms with van der Waals surface area (Å²) in [6.07, 6.45) is 0. The molecule has 0 fully saturated rings. The molecule has 1 aromatic rings. The molecule has 0 aliphatic rings. The molecule has 1 N–H and O–H groups in total. The Morgan fingerprint density at radius 2 is 2.27 bits per heavy atom. The molecule has 58 valence electrons. The third kappa shape index (κ3) is 1.35. The van der Waals surface area contributed by atoms with Gasteiger partial charge in [-0.05, 0) is 0 Å². The van der Waals surface area contributed by atoms with Crippen molar-refractivity contribution in [1.82, 2.24) is 0 Å². The minimum atomic E-state index is -1.27. The van der Waals surface area contributed by atoms with Crippen LogP contribution < -0.4 is 0 Å². The highest BCUT2D eigenvalue weighted by Crippen LogP contribution is 2.22. The molecule has 6 heteroatoms. The van der Waals surface area contributed by atoms with E-state index in [-0.39, 0.29) is 11.3 Å². The molecule has 0 atom stereocenters. The molecular weight excluding hydrogens is 170 g/mol. The van der Waals surface area contributed by atoms with Crippen molar-refractivity contribution >= 4 is 23.0 Å². The summed E-state index contributed by atoms with van der Waals surface area (Å²) < 4.78 is 0. The van der Waals surface area contributed by atoms with Gasteiger partial charge in [-0.25, -0.2) is 4.79 Å². The van der Waals surface area contributed by atoms with Crippen molar-refractivity contribution in [3.05, 3.63) is 26.4 Å². The Kier molecular flexibility index (Phi) is 1.86. The lowest BCUT2D eigenvalue weighted by Crippen LogP contribution is -1.98. The van der Waals surface area contributed by atoms with E-state index in [9.17, 15) is 14.9 Å². The van der Waals surface area contributed by atoms with Gasteiger partial charge in [0.25, 0.3) is 5.69 Å². The van der Waals surface area contributed by atoms with Crippen molar-refractivity contribution in [3.8, 4) is 0 Å². The molecule has 0 saturated heterocycles. The van der Waals surface area contributed by atoms with Crippen LogP contribution in [0.1, 0.15) is 10.4 Å². The summed E-state index contributed by atoms with van der Waals surface area (Å²) in [6.45, 7) is 0. The van der Waals surface area contributed by atoms with Crippen molar-refractivity contribution in [2.75, 3.05) is 0 Å². The van der Waals surface area contributed by atoms with E-state index in [1.165, 1.54) is 10.8 Å². The van der Waals surface area contributed by atoms with Crippen molar-refractivity contribution < 1.29 is 14.8 Å². The number of hydrogen-bond acceptors (Lipinski definition) is 4. The zero-order valence-corrected chi connectivity index (χ0v) is 6.00. The van der Waals surface area contributed by atoms with E-state index in [4.69, 9.17) is 5.11 Å². The van der Waals surface area contributed by atoms with Crippen LogP contribution >= 0.6 is 11.3 Å². The first-order valence-electron chi connectivity index (χ1n) is 2.57. The number of nitro groups is 1. The third-order valence-electron chi connectivity index (χ3n) is 1.07. The highest BCUT2D eigenvalue weighted by atomic mass is 32.1. The molecule has 0 saturated carbocycles. The first kappa shape index (κ1) is 7.67. The summed E-state index contributed by atoms with van der Waals surface area (Å²) in [6, 6.07) is 0. The summed E-state index contributed by atoms with van der Waals surface area (Å²) in [5.41, 5.74) is -0.595. The first-order valence-corrected chi connectivity index (χ1v) is 3.51. The van der Waals surface area contributed by atoms with Crippen LogP contribution in [0, 0.1) is 10.1 Å². The average molecular weight is 173 g/mol. The van der Waals surface area contributed by atoms with E-state index in [1.807, 2.05) is 0 Å². The number of hydrogen-bond donors (Lipinski definition) is 1. The number of thiophene rings is 1. The van der Waals surface area contributed by atoms with E-state index in [0.717, 1.165) is 11.3 Å². The molecule has 1 rings (SSSR count). The quantitative estimate of drug-likeness (QED) is 0.540. The second-order valence-electron chi connectivity index (χ2n) is 1.73. The summed E-state index contributed by atoms with van der Waals surface area (Å²) in [7, 11) is 0. The molecular formula is C5H3NO4S. The Balaban J connectivity index is 3.16. The number of aromatic carboxylic acids is 1. The Labute approximate surface area is 65.0 Å². The lowest BCUT2D eigenvalue weighted by Gasteiger charge is -1.87. The average Bonchev–Trinajstić information content (AvgIpc) is 2.32. The number of carboxylic acids is 1. The van der Waals surface area contributed by atoms with Crippen molar-refractivity contribution in [3.63, 3.8) is 0 Å². The van der Waals surface area contributed by atoms with Gasteiger partial charge in [-0.15, -0.1) is 11.3 Å². The zero-order valence-electron chi connectivity index (χ0n) is 5.18. The van der Waals surface area contributed by atoms with E-state index in [2.05, 4.69) is 0 Å². The van der Waals surface area contributed by atoms with Crippen LogP contribution in [-0.4, -0.2) is 16.0 Å². The minimum Gasteiger partial charge on any atom is -0.477 e. The predicted octanol–water partition coefficient (Wildman–Crippen LogP) is 1.35. The van der Waals surface area contributed by atoms with E-state index in [0.29, 0.717) is 0 Å². The van der Waals surface area contributed by atoms with Gasteiger partial charge in [0.05, 0.1) is 10.3 Å². The molecule has 5 nitrogen and oxygen atoms in total. The van der Waals surface area contributed by atoms with Crippen molar-refractivity contribution in [2.24, 2.45) is 0 Å². The minimum absolute atomic E-state index is 0.250. The molecule has 0 radical (unpaired) electrons. The predicted molar refractivity (Wildman–Crippen MR) is 37.9 cm³/mol. The van der Waals surface area contributed by atoms with Crippen LogP contribution in [0.4, 0.5) is 5.69 Å². The molecule has 1 heterocycles. The zero-order chi connectivity index (χ0) is 8.43. The lowest BCUT2D eigenvalue weighted by atomic mass is 10.3. The van der Waals surface area contributed by atoms with Gasteiger partial charge in [0.1, 0.15) is 5.56 Å². The third-order valence-corrected chi connectivity index (χ3v) is 1.80. The standard InChI is InChI=1S/C5H3NO4S/c7-5(8)3-1-11-2-4(3)6(9)10/h1-2H,(H,7,8). The first-order chi connectivity index (χ1) is 5.13. The van der Waals surface area contributed by atoms with Gasteiger partial charge in [0.15, 0.2) is 0 Å². The maximum absolute atomic E-state index is 10.3. The van der Waals surface area contributed by atoms with Crippen LogP contribution in [0.2, 0.25) is 0 Å². The molecule has 0 aliphatic carbocycles. The Morgan fingerprint density at radius 3 is 2.64 bits per heavy atom. The van der Waals surface area contributed by atoms with Crippen LogP contribution in [0.3, 0.4) is 0 Å². The fourth-order valence-electron chi connectivity index (χ4n) is 0.592. The van der Waals surface area contributed by atoms with Gasteiger partial charge < -0.3 is 5.11 Å². The molecule has 0 aromatic carbocycles. The van der Waals surface area contributed by atoms with E-state index >= 15 is 0 Å². The normalized spacial score (nSPS) is 9.45. The van der Waals surface area contributed by atoms with Crippen molar-refractivity contribution in [1.29, 1.82) is 0 Å². The van der Waals surface area contributed by atoms with Gasteiger partial charge in [0, 0.05) is 5.38 Å². The monoisotopic (exact) mass is 173 g/mol. The topological polar surface area (TPSA) is 80.4 Å². The van der Waals surface area contributed by atoms with Gasteiger partial charge >= 0.3 is 5.97 Å². The van der Waals surface area contributed by atoms with Crippen LogP contribution in [-0.2, 0) is 0 Å². The van der Waals surface area contributed by atoms with Crippen LogP contribution in [0.5, 0.6) is 0 Å². The fourth-order valence-corrected chi connectivity index (χ4v) is 1.36. The van der Waals surface area contributed by atoms with Gasteiger partial charge in [-0.1, -0.05) is 0 Å². The lowest BCUT2D eigenvalue weighted by molar-refractivity contribution is -0.384. The fraction of sp³-hybridized carbons (Fsp3) is 0. The molecule has 11 heavy (non-hydrogen) atoms. The van der Waals surface area contributed by atoms with E-state index in [1.54, 1.807) is 0 Å². The summed E-state index contributed by atoms with van der Waals surface area (Å²) in [5, 5.41) is 21.0. The molecule has 0 unspecified atom stereocenters. The molecule has 0 bridgehead atoms. The second-order valence-corrected chi connectivity index (χ2v) is 2.48. The molecule has 0 spiro atoms. The maximum atomic E-state index is 10.3.